The number of nitrogens with zero attached hydrogens (tertiary/aromatic N) is 2. The van der Waals surface area contributed by atoms with Crippen LogP contribution in [0.15, 0.2) is 61.1 Å². The first-order valence-corrected chi connectivity index (χ1v) is 8.89. The molecule has 1 aliphatic rings. The van der Waals surface area contributed by atoms with Crippen molar-refractivity contribution in [2.24, 2.45) is 0 Å². The molecule has 0 radical (unpaired) electrons. The molecule has 3 aromatic rings. The maximum absolute atomic E-state index is 13.1. The van der Waals surface area contributed by atoms with Crippen LogP contribution >= 0.6 is 11.6 Å². The summed E-state index contributed by atoms with van der Waals surface area (Å²) in [5.74, 6) is 0.197. The van der Waals surface area contributed by atoms with Gasteiger partial charge in [-0.3, -0.25) is 4.79 Å². The Bertz CT molecular complexity index is 929. The molecule has 4 heteroatoms. The van der Waals surface area contributed by atoms with E-state index in [-0.39, 0.29) is 5.78 Å². The Labute approximate surface area is 152 Å². The highest BCUT2D eigenvalue weighted by Crippen LogP contribution is 2.41. The number of benzene rings is 2. The third kappa shape index (κ3) is 2.69. The summed E-state index contributed by atoms with van der Waals surface area (Å²) in [6.07, 6.45) is 5.31. The summed E-state index contributed by atoms with van der Waals surface area (Å²) in [6.45, 7) is 2.78. The molecule has 1 atom stereocenters. The van der Waals surface area contributed by atoms with E-state index in [0.29, 0.717) is 6.54 Å². The minimum absolute atomic E-state index is 0.197. The molecular formula is C21H19ClN2O. The van der Waals surface area contributed by atoms with Gasteiger partial charge in [0.15, 0.2) is 5.78 Å². The second-order valence-electron chi connectivity index (χ2n) is 6.66. The summed E-state index contributed by atoms with van der Waals surface area (Å²) in [5.41, 5.74) is 3.46. The topological polar surface area (TPSA) is 34.9 Å². The maximum Gasteiger partial charge on any atom is 0.175 e. The molecule has 0 bridgehead atoms. The van der Waals surface area contributed by atoms with Crippen molar-refractivity contribution in [2.45, 2.75) is 31.7 Å². The zero-order valence-corrected chi connectivity index (χ0v) is 14.8. The molecule has 1 aromatic heterocycles. The van der Waals surface area contributed by atoms with Gasteiger partial charge >= 0.3 is 0 Å². The van der Waals surface area contributed by atoms with Crippen molar-refractivity contribution in [2.75, 3.05) is 0 Å². The number of hydrogen-bond donors (Lipinski definition) is 0. The number of fused-ring (bicyclic) bond motifs is 1. The second kappa shape index (κ2) is 6.16. The molecule has 1 aliphatic carbocycles. The van der Waals surface area contributed by atoms with Gasteiger partial charge in [0.05, 0.1) is 17.4 Å². The van der Waals surface area contributed by atoms with Gasteiger partial charge in [0, 0.05) is 23.3 Å². The summed E-state index contributed by atoms with van der Waals surface area (Å²) in [4.78, 5) is 17.7. The van der Waals surface area contributed by atoms with Crippen molar-refractivity contribution >= 4 is 17.4 Å². The Morgan fingerprint density at radius 3 is 2.64 bits per heavy atom. The van der Waals surface area contributed by atoms with Crippen molar-refractivity contribution in [3.8, 4) is 0 Å². The molecule has 126 valence electrons. The quantitative estimate of drug-likeness (QED) is 0.685. The largest absolute Gasteiger partial charge is 0.333 e. The Morgan fingerprint density at radius 2 is 1.92 bits per heavy atom. The Balaban J connectivity index is 1.65. The molecule has 0 spiro atoms. The van der Waals surface area contributed by atoms with Gasteiger partial charge in [-0.2, -0.15) is 0 Å². The van der Waals surface area contributed by atoms with Gasteiger partial charge in [-0.1, -0.05) is 54.9 Å². The van der Waals surface area contributed by atoms with Gasteiger partial charge in [0.25, 0.3) is 0 Å². The standard InChI is InChI=1S/C21H19ClN2O/c1-2-21(11-16-5-3-4-6-18(16)20(21)25)19-13-24(14-23-19)12-15-7-9-17(22)10-8-15/h3-10,13-14H,2,11-12H2,1H3. The molecule has 0 amide bonds. The zero-order valence-electron chi connectivity index (χ0n) is 14.1. The minimum atomic E-state index is -0.533. The molecule has 4 rings (SSSR count). The van der Waals surface area contributed by atoms with Crippen LogP contribution in [-0.2, 0) is 18.4 Å². The molecule has 3 nitrogen and oxygen atoms in total. The zero-order chi connectivity index (χ0) is 17.4. The second-order valence-corrected chi connectivity index (χ2v) is 7.09. The van der Waals surface area contributed by atoms with Crippen LogP contribution in [0.4, 0.5) is 0 Å². The van der Waals surface area contributed by atoms with Gasteiger partial charge in [0.2, 0.25) is 0 Å². The van der Waals surface area contributed by atoms with E-state index in [9.17, 15) is 4.79 Å². The lowest BCUT2D eigenvalue weighted by Crippen LogP contribution is -2.32. The van der Waals surface area contributed by atoms with Gasteiger partial charge in [-0.25, -0.2) is 4.98 Å². The maximum atomic E-state index is 13.1. The highest BCUT2D eigenvalue weighted by atomic mass is 35.5. The molecular weight excluding hydrogens is 332 g/mol. The lowest BCUT2D eigenvalue weighted by atomic mass is 9.78. The van der Waals surface area contributed by atoms with E-state index in [1.54, 1.807) is 0 Å². The average molecular weight is 351 g/mol. The van der Waals surface area contributed by atoms with E-state index in [2.05, 4.69) is 18.0 Å². The first kappa shape index (κ1) is 16.1. The van der Waals surface area contributed by atoms with Gasteiger partial charge in [0.1, 0.15) is 0 Å². The highest BCUT2D eigenvalue weighted by molar-refractivity contribution is 6.30. The molecule has 1 unspecified atom stereocenters. The third-order valence-corrected chi connectivity index (χ3v) is 5.45. The fourth-order valence-corrected chi connectivity index (χ4v) is 3.85. The van der Waals surface area contributed by atoms with Crippen molar-refractivity contribution in [3.05, 3.63) is 88.5 Å². The van der Waals surface area contributed by atoms with E-state index in [0.717, 1.165) is 40.2 Å². The highest BCUT2D eigenvalue weighted by Gasteiger charge is 2.46. The molecule has 0 N–H and O–H groups in total. The number of rotatable bonds is 4. The number of hydrogen-bond acceptors (Lipinski definition) is 2. The van der Waals surface area contributed by atoms with Crippen LogP contribution < -0.4 is 0 Å². The van der Waals surface area contributed by atoms with Gasteiger partial charge in [-0.15, -0.1) is 0 Å². The van der Waals surface area contributed by atoms with Crippen LogP contribution in [0.25, 0.3) is 0 Å². The summed E-state index contributed by atoms with van der Waals surface area (Å²) in [6, 6.07) is 15.7. The summed E-state index contributed by atoms with van der Waals surface area (Å²) >= 11 is 5.95. The number of halogens is 1. The van der Waals surface area contributed by atoms with Crippen LogP contribution in [0.3, 0.4) is 0 Å². The number of carbonyl (C=O) groups is 1. The molecule has 0 aliphatic heterocycles. The molecule has 0 saturated heterocycles. The first-order chi connectivity index (χ1) is 12.1. The summed E-state index contributed by atoms with van der Waals surface area (Å²) < 4.78 is 2.03. The van der Waals surface area contributed by atoms with E-state index in [1.807, 2.05) is 59.6 Å². The Morgan fingerprint density at radius 1 is 1.16 bits per heavy atom. The number of ketones is 1. The summed E-state index contributed by atoms with van der Waals surface area (Å²) in [5, 5.41) is 0.731. The average Bonchev–Trinajstić information content (AvgIpc) is 3.21. The van der Waals surface area contributed by atoms with E-state index in [1.165, 1.54) is 0 Å². The monoisotopic (exact) mass is 350 g/mol. The van der Waals surface area contributed by atoms with E-state index < -0.39 is 5.41 Å². The normalized spacial score (nSPS) is 19.2. The summed E-state index contributed by atoms with van der Waals surface area (Å²) in [7, 11) is 0. The lowest BCUT2D eigenvalue weighted by molar-refractivity contribution is 0.0895. The lowest BCUT2D eigenvalue weighted by Gasteiger charge is -2.23. The number of Topliss-reactive ketones (excluding diaryl/α,β-unsaturated/α-hetero) is 1. The van der Waals surface area contributed by atoms with Gasteiger partial charge < -0.3 is 4.57 Å². The van der Waals surface area contributed by atoms with Crippen LogP contribution in [0, 0.1) is 0 Å². The van der Waals surface area contributed by atoms with E-state index in [4.69, 9.17) is 11.6 Å². The molecule has 0 saturated carbocycles. The van der Waals surface area contributed by atoms with Crippen molar-refractivity contribution < 1.29 is 4.79 Å². The minimum Gasteiger partial charge on any atom is -0.333 e. The van der Waals surface area contributed by atoms with Crippen LogP contribution in [0.1, 0.15) is 40.5 Å². The molecule has 2 aromatic carbocycles. The molecule has 1 heterocycles. The van der Waals surface area contributed by atoms with Crippen LogP contribution in [0.5, 0.6) is 0 Å². The first-order valence-electron chi connectivity index (χ1n) is 8.52. The predicted molar refractivity (Wildman–Crippen MR) is 99.2 cm³/mol. The van der Waals surface area contributed by atoms with E-state index >= 15 is 0 Å². The van der Waals surface area contributed by atoms with Crippen molar-refractivity contribution in [1.82, 2.24) is 9.55 Å². The number of aromatic nitrogens is 2. The fourth-order valence-electron chi connectivity index (χ4n) is 3.73. The number of imidazole rings is 1. The van der Waals surface area contributed by atoms with Gasteiger partial charge in [-0.05, 0) is 36.1 Å². The molecule has 0 fully saturated rings. The molecule has 25 heavy (non-hydrogen) atoms. The Hall–Kier alpha value is -2.39. The predicted octanol–water partition coefficient (Wildman–Crippen LogP) is 4.67. The smallest absolute Gasteiger partial charge is 0.175 e. The van der Waals surface area contributed by atoms with Crippen LogP contribution in [-0.4, -0.2) is 15.3 Å². The van der Waals surface area contributed by atoms with Crippen molar-refractivity contribution in [3.63, 3.8) is 0 Å². The Kier molecular flexibility index (Phi) is 3.97. The van der Waals surface area contributed by atoms with Crippen molar-refractivity contribution in [1.29, 1.82) is 0 Å². The number of carbonyl (C=O) groups excluding carboxylic acids is 1. The third-order valence-electron chi connectivity index (χ3n) is 5.19. The fraction of sp³-hybridized carbons (Fsp3) is 0.238. The SMILES string of the molecule is CCC1(c2cn(Cc3ccc(Cl)cc3)cn2)Cc2ccccc2C1=O. The van der Waals surface area contributed by atoms with Crippen LogP contribution in [0.2, 0.25) is 5.02 Å².